The van der Waals surface area contributed by atoms with Gasteiger partial charge in [0, 0.05) is 20.7 Å². The van der Waals surface area contributed by atoms with Crippen LogP contribution in [0, 0.1) is 17.5 Å². The van der Waals surface area contributed by atoms with Crippen molar-refractivity contribution in [1.82, 2.24) is 0 Å². The Kier molecular flexibility index (Phi) is 5.34. The number of fused-ring (bicyclic) bond motifs is 1. The highest BCUT2D eigenvalue weighted by Crippen LogP contribution is 2.37. The first-order valence-electron chi connectivity index (χ1n) is 7.46. The number of ether oxygens (including phenoxy) is 1. The molecule has 0 saturated heterocycles. The van der Waals surface area contributed by atoms with E-state index in [0.717, 1.165) is 23.5 Å². The molecule has 0 N–H and O–H groups in total. The van der Waals surface area contributed by atoms with Gasteiger partial charge in [0.15, 0.2) is 11.6 Å². The van der Waals surface area contributed by atoms with Crippen molar-refractivity contribution >= 4 is 39.2 Å². The molecule has 1 aromatic heterocycles. The Morgan fingerprint density at radius 1 is 1.12 bits per heavy atom. The van der Waals surface area contributed by atoms with Crippen LogP contribution in [0.15, 0.2) is 41.3 Å². The fourth-order valence-electron chi connectivity index (χ4n) is 2.39. The van der Waals surface area contributed by atoms with Gasteiger partial charge in [0.25, 0.3) is 0 Å². The molecule has 25 heavy (non-hydrogen) atoms. The second-order valence-electron chi connectivity index (χ2n) is 5.11. The van der Waals surface area contributed by atoms with Gasteiger partial charge in [0.1, 0.15) is 10.7 Å². The average molecular weight is 382 g/mol. The minimum Gasteiger partial charge on any atom is -0.462 e. The fourth-order valence-corrected chi connectivity index (χ4v) is 4.56. The number of benzene rings is 2. The minimum absolute atomic E-state index is 0.214. The van der Waals surface area contributed by atoms with Crippen LogP contribution in [0.2, 0.25) is 0 Å². The van der Waals surface area contributed by atoms with Crippen molar-refractivity contribution < 1.29 is 22.7 Å². The quantitative estimate of drug-likeness (QED) is 0.413. The predicted molar refractivity (Wildman–Crippen MR) is 93.7 cm³/mol. The summed E-state index contributed by atoms with van der Waals surface area (Å²) in [5.74, 6) is -2.57. The van der Waals surface area contributed by atoms with Gasteiger partial charge in [-0.3, -0.25) is 0 Å². The third-order valence-corrected chi connectivity index (χ3v) is 5.70. The maximum atomic E-state index is 14.3. The van der Waals surface area contributed by atoms with Gasteiger partial charge in [-0.1, -0.05) is 6.07 Å². The molecule has 7 heteroatoms. The molecular weight excluding hydrogens is 369 g/mol. The molecule has 0 aliphatic carbocycles. The largest absolute Gasteiger partial charge is 0.462 e. The van der Waals surface area contributed by atoms with E-state index < -0.39 is 23.4 Å². The van der Waals surface area contributed by atoms with Crippen LogP contribution in [0.25, 0.3) is 10.1 Å². The van der Waals surface area contributed by atoms with Crippen LogP contribution in [0.5, 0.6) is 0 Å². The van der Waals surface area contributed by atoms with Gasteiger partial charge in [0.2, 0.25) is 0 Å². The lowest BCUT2D eigenvalue weighted by atomic mass is 10.1. The van der Waals surface area contributed by atoms with E-state index in [-0.39, 0.29) is 12.4 Å². The molecule has 130 valence electrons. The summed E-state index contributed by atoms with van der Waals surface area (Å²) in [6.45, 7) is 1.91. The number of hydrogen-bond donors (Lipinski definition) is 0. The number of esters is 1. The Hall–Kier alpha value is -1.99. The number of carbonyl (C=O) groups excluding carboxylic acids is 1. The lowest BCUT2D eigenvalue weighted by molar-refractivity contribution is 0.0531. The third kappa shape index (κ3) is 3.67. The van der Waals surface area contributed by atoms with Crippen LogP contribution in [0.4, 0.5) is 13.2 Å². The van der Waals surface area contributed by atoms with Gasteiger partial charge in [-0.25, -0.2) is 18.0 Å². The fraction of sp³-hybridized carbons (Fsp3) is 0.167. The van der Waals surface area contributed by atoms with Crippen LogP contribution < -0.4 is 0 Å². The van der Waals surface area contributed by atoms with Gasteiger partial charge in [-0.05, 0) is 42.8 Å². The maximum Gasteiger partial charge on any atom is 0.348 e. The lowest BCUT2D eigenvalue weighted by Gasteiger charge is -2.06. The summed E-state index contributed by atoms with van der Waals surface area (Å²) in [4.78, 5) is 13.0. The second-order valence-corrected chi connectivity index (χ2v) is 7.21. The van der Waals surface area contributed by atoms with Crippen molar-refractivity contribution in [2.45, 2.75) is 17.6 Å². The van der Waals surface area contributed by atoms with E-state index >= 15 is 0 Å². The molecule has 0 atom stereocenters. The van der Waals surface area contributed by atoms with E-state index in [1.807, 2.05) is 0 Å². The zero-order chi connectivity index (χ0) is 18.0. The summed E-state index contributed by atoms with van der Waals surface area (Å²) >= 11 is 2.36. The van der Waals surface area contributed by atoms with Crippen LogP contribution >= 0.6 is 23.1 Å². The van der Waals surface area contributed by atoms with E-state index in [9.17, 15) is 18.0 Å². The van der Waals surface area contributed by atoms with Crippen LogP contribution in [0.1, 0.15) is 22.2 Å². The Labute approximate surface area is 150 Å². The van der Waals surface area contributed by atoms with E-state index in [2.05, 4.69) is 0 Å². The molecule has 0 aliphatic heterocycles. The zero-order valence-electron chi connectivity index (χ0n) is 13.1. The number of halogens is 3. The molecule has 0 unspecified atom stereocenters. The highest BCUT2D eigenvalue weighted by molar-refractivity contribution is 7.98. The van der Waals surface area contributed by atoms with Gasteiger partial charge in [-0.2, -0.15) is 0 Å². The number of thioether (sulfide) groups is 1. The first kappa shape index (κ1) is 17.8. The minimum atomic E-state index is -0.947. The first-order chi connectivity index (χ1) is 12.0. The van der Waals surface area contributed by atoms with Gasteiger partial charge in [0.05, 0.1) is 6.61 Å². The number of hydrogen-bond acceptors (Lipinski definition) is 4. The summed E-state index contributed by atoms with van der Waals surface area (Å²) in [5, 5.41) is 0.366. The first-order valence-corrected chi connectivity index (χ1v) is 9.26. The van der Waals surface area contributed by atoms with E-state index in [1.54, 1.807) is 19.1 Å². The van der Waals surface area contributed by atoms with E-state index in [4.69, 9.17) is 4.74 Å². The van der Waals surface area contributed by atoms with Gasteiger partial charge >= 0.3 is 5.97 Å². The van der Waals surface area contributed by atoms with Crippen molar-refractivity contribution in [3.05, 3.63) is 64.3 Å². The average Bonchev–Trinajstić information content (AvgIpc) is 2.96. The highest BCUT2D eigenvalue weighted by atomic mass is 32.2. The summed E-state index contributed by atoms with van der Waals surface area (Å²) < 4.78 is 46.4. The molecule has 0 amide bonds. The molecule has 0 saturated carbocycles. The Bertz CT molecular complexity index is 937. The normalized spacial score (nSPS) is 11.0. The molecule has 3 aromatic rings. The zero-order valence-corrected chi connectivity index (χ0v) is 14.8. The maximum absolute atomic E-state index is 14.3. The van der Waals surface area contributed by atoms with Crippen LogP contribution in [-0.4, -0.2) is 12.6 Å². The monoisotopic (exact) mass is 382 g/mol. The molecule has 2 nitrogen and oxygen atoms in total. The smallest absolute Gasteiger partial charge is 0.348 e. The second kappa shape index (κ2) is 7.49. The number of carbonyl (C=O) groups is 1. The van der Waals surface area contributed by atoms with Crippen molar-refractivity contribution in [3.63, 3.8) is 0 Å². The van der Waals surface area contributed by atoms with Crippen molar-refractivity contribution in [3.8, 4) is 0 Å². The molecule has 0 fully saturated rings. The topological polar surface area (TPSA) is 26.3 Å². The SMILES string of the molecule is CCOC(=O)c1sc2cccc(F)c2c1CSc1ccc(F)c(F)c1. The molecule has 1 heterocycles. The Morgan fingerprint density at radius 2 is 1.92 bits per heavy atom. The summed E-state index contributed by atoms with van der Waals surface area (Å²) in [6.07, 6.45) is 0. The van der Waals surface area contributed by atoms with E-state index in [0.29, 0.717) is 25.4 Å². The van der Waals surface area contributed by atoms with Crippen LogP contribution in [0.3, 0.4) is 0 Å². The van der Waals surface area contributed by atoms with Gasteiger partial charge in [-0.15, -0.1) is 23.1 Å². The Balaban J connectivity index is 1.99. The van der Waals surface area contributed by atoms with E-state index in [1.165, 1.54) is 23.9 Å². The summed E-state index contributed by atoms with van der Waals surface area (Å²) in [6, 6.07) is 8.20. The predicted octanol–water partition coefficient (Wildman–Crippen LogP) is 5.79. The van der Waals surface area contributed by atoms with Crippen molar-refractivity contribution in [1.29, 1.82) is 0 Å². The standard InChI is InChI=1S/C18H13F3O2S2/c1-2-23-18(22)17-11(16-13(20)4-3-5-15(16)25-17)9-24-10-6-7-12(19)14(21)8-10/h3-8H,2,9H2,1H3. The highest BCUT2D eigenvalue weighted by Gasteiger charge is 2.21. The summed E-state index contributed by atoms with van der Waals surface area (Å²) in [7, 11) is 0. The van der Waals surface area contributed by atoms with Gasteiger partial charge < -0.3 is 4.74 Å². The molecule has 0 radical (unpaired) electrons. The number of thiophene rings is 1. The summed E-state index contributed by atoms with van der Waals surface area (Å²) in [5.41, 5.74) is 0.506. The third-order valence-electron chi connectivity index (χ3n) is 3.50. The van der Waals surface area contributed by atoms with Crippen molar-refractivity contribution in [2.24, 2.45) is 0 Å². The molecule has 0 spiro atoms. The molecule has 0 aliphatic rings. The molecule has 2 aromatic carbocycles. The Morgan fingerprint density at radius 3 is 2.64 bits per heavy atom. The molecule has 0 bridgehead atoms. The molecular formula is C18H13F3O2S2. The van der Waals surface area contributed by atoms with Crippen LogP contribution in [-0.2, 0) is 10.5 Å². The van der Waals surface area contributed by atoms with Crippen molar-refractivity contribution in [2.75, 3.05) is 6.61 Å². The molecule has 3 rings (SSSR count). The lowest BCUT2D eigenvalue weighted by Crippen LogP contribution is -2.05. The number of rotatable bonds is 5.